The van der Waals surface area contributed by atoms with Gasteiger partial charge in [-0.1, -0.05) is 0 Å². The molecular weight excluding hydrogens is 121 g/mol. The normalized spacial score (nSPS) is 12.8. The van der Waals surface area contributed by atoms with Crippen molar-refractivity contribution in [3.8, 4) is 0 Å². The van der Waals surface area contributed by atoms with Gasteiger partial charge in [0.15, 0.2) is 0 Å². The van der Waals surface area contributed by atoms with Gasteiger partial charge in [0.05, 0.1) is 0 Å². The summed E-state index contributed by atoms with van der Waals surface area (Å²) >= 11 is 0. The highest BCUT2D eigenvalue weighted by Crippen LogP contribution is 2.26. The molecule has 0 rings (SSSR count). The SMILES string of the molecule is CO[C](F)C(C)(F)F. The molecule has 1 radical (unpaired) electrons. The quantitative estimate of drug-likeness (QED) is 0.549. The molecule has 0 aliphatic carbocycles. The summed E-state index contributed by atoms with van der Waals surface area (Å²) in [6.07, 6.45) is -1.75. The summed E-state index contributed by atoms with van der Waals surface area (Å²) in [6.45, 7) is 0.422. The molecule has 0 saturated heterocycles. The van der Waals surface area contributed by atoms with Gasteiger partial charge in [0.1, 0.15) is 0 Å². The number of methoxy groups -OCH3 is 1. The molecule has 0 spiro atoms. The third kappa shape index (κ3) is 2.16. The molecule has 0 unspecified atom stereocenters. The van der Waals surface area contributed by atoms with Crippen LogP contribution in [0.15, 0.2) is 0 Å². The van der Waals surface area contributed by atoms with E-state index in [9.17, 15) is 13.2 Å². The van der Waals surface area contributed by atoms with Crippen LogP contribution in [-0.4, -0.2) is 13.0 Å². The fraction of sp³-hybridized carbons (Fsp3) is 0.750. The molecule has 0 aromatic rings. The van der Waals surface area contributed by atoms with Crippen molar-refractivity contribution in [2.24, 2.45) is 0 Å². The molecule has 0 aromatic carbocycles. The Kier molecular flexibility index (Phi) is 2.27. The van der Waals surface area contributed by atoms with Crippen LogP contribution in [-0.2, 0) is 4.74 Å². The molecule has 0 atom stereocenters. The molecule has 0 saturated carbocycles. The van der Waals surface area contributed by atoms with Crippen LogP contribution in [0.3, 0.4) is 0 Å². The van der Waals surface area contributed by atoms with Crippen LogP contribution < -0.4 is 0 Å². The van der Waals surface area contributed by atoms with Gasteiger partial charge in [-0.05, 0) is 0 Å². The van der Waals surface area contributed by atoms with Crippen LogP contribution in [0.2, 0.25) is 0 Å². The highest BCUT2D eigenvalue weighted by Gasteiger charge is 2.36. The number of halogens is 3. The lowest BCUT2D eigenvalue weighted by atomic mass is 10.4. The van der Waals surface area contributed by atoms with Gasteiger partial charge in [-0.2, -0.15) is 4.39 Å². The van der Waals surface area contributed by atoms with E-state index in [0.717, 1.165) is 7.11 Å². The van der Waals surface area contributed by atoms with Crippen molar-refractivity contribution in [1.29, 1.82) is 0 Å². The Labute approximate surface area is 45.4 Å². The van der Waals surface area contributed by atoms with Gasteiger partial charge in [-0.25, -0.2) is 8.78 Å². The van der Waals surface area contributed by atoms with E-state index in [-0.39, 0.29) is 0 Å². The van der Waals surface area contributed by atoms with Crippen LogP contribution >= 0.6 is 0 Å². The number of hydrogen-bond donors (Lipinski definition) is 0. The summed E-state index contributed by atoms with van der Waals surface area (Å²) < 4.78 is 38.4. The predicted octanol–water partition coefficient (Wildman–Crippen LogP) is 1.75. The van der Waals surface area contributed by atoms with E-state index in [2.05, 4.69) is 4.74 Å². The monoisotopic (exact) mass is 127 g/mol. The second-order valence-corrected chi connectivity index (χ2v) is 1.37. The molecule has 8 heavy (non-hydrogen) atoms. The van der Waals surface area contributed by atoms with Gasteiger partial charge in [-0.15, -0.1) is 0 Å². The van der Waals surface area contributed by atoms with E-state index >= 15 is 0 Å². The minimum Gasteiger partial charge on any atom is -0.340 e. The molecule has 0 fully saturated rings. The lowest BCUT2D eigenvalue weighted by molar-refractivity contribution is -0.0919. The third-order valence-electron chi connectivity index (χ3n) is 0.524. The fourth-order valence-electron chi connectivity index (χ4n) is 0.179. The fourth-order valence-corrected chi connectivity index (χ4v) is 0.179. The van der Waals surface area contributed by atoms with Crippen LogP contribution in [0.25, 0.3) is 0 Å². The molecule has 49 valence electrons. The van der Waals surface area contributed by atoms with Gasteiger partial charge in [0.2, 0.25) is 0 Å². The van der Waals surface area contributed by atoms with E-state index in [4.69, 9.17) is 0 Å². The molecule has 0 amide bonds. The molecule has 1 nitrogen and oxygen atoms in total. The van der Waals surface area contributed by atoms with Crippen molar-refractivity contribution in [2.75, 3.05) is 7.11 Å². The highest BCUT2D eigenvalue weighted by molar-refractivity contribution is 4.78. The minimum atomic E-state index is -3.46. The van der Waals surface area contributed by atoms with Crippen molar-refractivity contribution < 1.29 is 17.9 Å². The van der Waals surface area contributed by atoms with Gasteiger partial charge in [0, 0.05) is 14.0 Å². The maximum atomic E-state index is 11.6. The smallest absolute Gasteiger partial charge is 0.338 e. The molecule has 0 aliphatic rings. The summed E-state index contributed by atoms with van der Waals surface area (Å²) in [5, 5.41) is 0. The lowest BCUT2D eigenvalue weighted by Crippen LogP contribution is -2.19. The van der Waals surface area contributed by atoms with Crippen molar-refractivity contribution >= 4 is 0 Å². The number of alkyl halides is 2. The van der Waals surface area contributed by atoms with E-state index in [1.54, 1.807) is 0 Å². The molecule has 0 heterocycles. The Morgan fingerprint density at radius 2 is 1.88 bits per heavy atom. The van der Waals surface area contributed by atoms with E-state index in [0.29, 0.717) is 6.92 Å². The summed E-state index contributed by atoms with van der Waals surface area (Å²) in [5.74, 6) is -3.46. The van der Waals surface area contributed by atoms with Gasteiger partial charge >= 0.3 is 12.3 Å². The Morgan fingerprint density at radius 3 is 1.88 bits per heavy atom. The van der Waals surface area contributed by atoms with E-state index in [1.807, 2.05) is 0 Å². The molecule has 0 aromatic heterocycles. The number of rotatable bonds is 2. The zero-order valence-corrected chi connectivity index (χ0v) is 4.54. The zero-order chi connectivity index (χ0) is 6.78. The number of hydrogen-bond acceptors (Lipinski definition) is 1. The first-order chi connectivity index (χ1) is 3.48. The first-order valence-corrected chi connectivity index (χ1v) is 1.93. The van der Waals surface area contributed by atoms with Crippen molar-refractivity contribution in [1.82, 2.24) is 0 Å². The van der Waals surface area contributed by atoms with Gasteiger partial charge < -0.3 is 4.74 Å². The first kappa shape index (κ1) is 7.75. The molecule has 0 bridgehead atoms. The summed E-state index contributed by atoms with van der Waals surface area (Å²) in [4.78, 5) is 0. The van der Waals surface area contributed by atoms with Gasteiger partial charge in [0.25, 0.3) is 0 Å². The van der Waals surface area contributed by atoms with Crippen molar-refractivity contribution in [3.05, 3.63) is 6.36 Å². The standard InChI is InChI=1S/C4H6F3O/c1-4(6,7)3(5)8-2/h1-2H3. The molecule has 0 N–H and O–H groups in total. The van der Waals surface area contributed by atoms with Crippen LogP contribution in [0.1, 0.15) is 6.92 Å². The van der Waals surface area contributed by atoms with E-state index in [1.165, 1.54) is 0 Å². The largest absolute Gasteiger partial charge is 0.340 e. The van der Waals surface area contributed by atoms with Crippen molar-refractivity contribution in [2.45, 2.75) is 12.8 Å². The van der Waals surface area contributed by atoms with Gasteiger partial charge in [-0.3, -0.25) is 0 Å². The summed E-state index contributed by atoms with van der Waals surface area (Å²) in [5.41, 5.74) is 0. The average molecular weight is 127 g/mol. The lowest BCUT2D eigenvalue weighted by Gasteiger charge is -2.10. The maximum absolute atomic E-state index is 11.6. The molecule has 4 heteroatoms. The second-order valence-electron chi connectivity index (χ2n) is 1.37. The third-order valence-corrected chi connectivity index (χ3v) is 0.524. The molecular formula is C4H6F3O. The Balaban J connectivity index is 3.62. The minimum absolute atomic E-state index is 0.422. The van der Waals surface area contributed by atoms with Crippen LogP contribution in [0, 0.1) is 6.36 Å². The Hall–Kier alpha value is -0.250. The Morgan fingerprint density at radius 1 is 1.50 bits per heavy atom. The van der Waals surface area contributed by atoms with E-state index < -0.39 is 12.3 Å². The molecule has 0 aliphatic heterocycles. The zero-order valence-electron chi connectivity index (χ0n) is 4.54. The summed E-state index contributed by atoms with van der Waals surface area (Å²) in [7, 11) is 0.854. The predicted molar refractivity (Wildman–Crippen MR) is 22.0 cm³/mol. The number of ether oxygens (including phenoxy) is 1. The highest BCUT2D eigenvalue weighted by atomic mass is 19.3. The second kappa shape index (κ2) is 2.35. The first-order valence-electron chi connectivity index (χ1n) is 1.93. The van der Waals surface area contributed by atoms with Crippen LogP contribution in [0.5, 0.6) is 0 Å². The maximum Gasteiger partial charge on any atom is 0.338 e. The topological polar surface area (TPSA) is 9.23 Å². The average Bonchev–Trinajstić information content (AvgIpc) is 1.62. The van der Waals surface area contributed by atoms with Crippen LogP contribution in [0.4, 0.5) is 13.2 Å². The van der Waals surface area contributed by atoms with Crippen molar-refractivity contribution in [3.63, 3.8) is 0 Å². The Bertz CT molecular complexity index is 68.2. The summed E-state index contributed by atoms with van der Waals surface area (Å²) in [6, 6.07) is 0.